The smallest absolute Gasteiger partial charge is 0.200 e. The third kappa shape index (κ3) is 2.11. The summed E-state index contributed by atoms with van der Waals surface area (Å²) in [5, 5.41) is 1.07. The average Bonchev–Trinajstić information content (AvgIpc) is 2.73. The van der Waals surface area contributed by atoms with E-state index in [1.165, 1.54) is 12.8 Å². The maximum absolute atomic E-state index is 6.14. The number of halogens is 2. The molecule has 1 aromatic heterocycles. The van der Waals surface area contributed by atoms with Crippen molar-refractivity contribution in [3.63, 3.8) is 0 Å². The van der Waals surface area contributed by atoms with Crippen LogP contribution in [0.5, 0.6) is 0 Å². The molecule has 1 fully saturated rings. The molecule has 1 heterocycles. The number of hydrogen-bond donors (Lipinski definition) is 1. The van der Waals surface area contributed by atoms with E-state index in [1.54, 1.807) is 12.1 Å². The van der Waals surface area contributed by atoms with E-state index in [0.717, 1.165) is 12.8 Å². The minimum absolute atomic E-state index is 0.126. The van der Waals surface area contributed by atoms with Crippen molar-refractivity contribution in [2.24, 2.45) is 5.73 Å². The van der Waals surface area contributed by atoms with Gasteiger partial charge in [-0.3, -0.25) is 0 Å². The molecule has 0 saturated heterocycles. The number of oxazole rings is 1. The Hall–Kier alpha value is -0.770. The molecule has 1 saturated carbocycles. The van der Waals surface area contributed by atoms with Gasteiger partial charge in [-0.05, 0) is 25.0 Å². The number of aromatic nitrogens is 1. The molecule has 3 nitrogen and oxygen atoms in total. The second-order valence-electron chi connectivity index (χ2n) is 4.84. The summed E-state index contributed by atoms with van der Waals surface area (Å²) in [6.07, 6.45) is 4.41. The first-order valence-electron chi connectivity index (χ1n) is 6.16. The van der Waals surface area contributed by atoms with E-state index in [-0.39, 0.29) is 12.0 Å². The lowest BCUT2D eigenvalue weighted by atomic mass is 9.85. The van der Waals surface area contributed by atoms with E-state index in [2.05, 4.69) is 4.98 Å². The quantitative estimate of drug-likeness (QED) is 0.857. The Kier molecular flexibility index (Phi) is 3.22. The van der Waals surface area contributed by atoms with Crippen molar-refractivity contribution in [2.75, 3.05) is 0 Å². The number of nitrogens with two attached hydrogens (primary N) is 1. The zero-order valence-corrected chi connectivity index (χ0v) is 11.3. The highest BCUT2D eigenvalue weighted by Gasteiger charge is 2.28. The Morgan fingerprint density at radius 1 is 1.22 bits per heavy atom. The maximum atomic E-state index is 6.14. The van der Waals surface area contributed by atoms with Gasteiger partial charge in [-0.1, -0.05) is 36.0 Å². The van der Waals surface area contributed by atoms with Crippen LogP contribution in [-0.4, -0.2) is 11.0 Å². The highest BCUT2D eigenvalue weighted by Crippen LogP contribution is 2.35. The van der Waals surface area contributed by atoms with Crippen LogP contribution in [0, 0.1) is 0 Å². The molecule has 1 aliphatic carbocycles. The van der Waals surface area contributed by atoms with Gasteiger partial charge in [0.25, 0.3) is 0 Å². The lowest BCUT2D eigenvalue weighted by Crippen LogP contribution is -2.31. The summed E-state index contributed by atoms with van der Waals surface area (Å²) in [4.78, 5) is 4.49. The number of fused-ring (bicyclic) bond motifs is 1. The zero-order chi connectivity index (χ0) is 12.7. The van der Waals surface area contributed by atoms with Crippen molar-refractivity contribution in [1.29, 1.82) is 0 Å². The van der Waals surface area contributed by atoms with Gasteiger partial charge in [0.05, 0.1) is 10.9 Å². The van der Waals surface area contributed by atoms with Gasteiger partial charge in [0.1, 0.15) is 5.52 Å². The molecule has 1 aliphatic rings. The topological polar surface area (TPSA) is 52.0 Å². The predicted molar refractivity (Wildman–Crippen MR) is 73.2 cm³/mol. The first kappa shape index (κ1) is 12.3. The van der Waals surface area contributed by atoms with Crippen LogP contribution in [0.15, 0.2) is 16.5 Å². The fraction of sp³-hybridized carbons (Fsp3) is 0.462. The van der Waals surface area contributed by atoms with Gasteiger partial charge in [-0.15, -0.1) is 0 Å². The molecule has 0 aliphatic heterocycles. The predicted octanol–water partition coefficient (Wildman–Crippen LogP) is 4.12. The molecule has 2 atom stereocenters. The SMILES string of the molecule is NC1CCCCC1c1nc2cc(Cl)cc(Cl)c2o1. The van der Waals surface area contributed by atoms with Crippen LogP contribution in [-0.2, 0) is 0 Å². The highest BCUT2D eigenvalue weighted by molar-refractivity contribution is 6.37. The van der Waals surface area contributed by atoms with E-state index in [1.807, 2.05) is 0 Å². The van der Waals surface area contributed by atoms with Crippen molar-refractivity contribution >= 4 is 34.3 Å². The summed E-state index contributed by atoms with van der Waals surface area (Å²) in [5.74, 6) is 0.891. The Bertz CT molecular complexity index is 582. The van der Waals surface area contributed by atoms with Crippen LogP contribution in [0.2, 0.25) is 10.0 Å². The number of nitrogens with zero attached hydrogens (tertiary/aromatic N) is 1. The zero-order valence-electron chi connectivity index (χ0n) is 9.83. The molecule has 0 spiro atoms. The molecular formula is C13H14Cl2N2O. The van der Waals surface area contributed by atoms with Crippen LogP contribution < -0.4 is 5.73 Å². The standard InChI is InChI=1S/C13H14Cl2N2O/c14-7-5-9(15)12-11(6-7)17-13(18-12)8-3-1-2-4-10(8)16/h5-6,8,10H,1-4,16H2. The number of hydrogen-bond acceptors (Lipinski definition) is 3. The molecule has 5 heteroatoms. The van der Waals surface area contributed by atoms with Gasteiger partial charge >= 0.3 is 0 Å². The second kappa shape index (κ2) is 4.72. The van der Waals surface area contributed by atoms with Crippen molar-refractivity contribution in [2.45, 2.75) is 37.6 Å². The van der Waals surface area contributed by atoms with Gasteiger partial charge in [0.2, 0.25) is 0 Å². The average molecular weight is 285 g/mol. The largest absolute Gasteiger partial charge is 0.439 e. The highest BCUT2D eigenvalue weighted by atomic mass is 35.5. The molecule has 0 bridgehead atoms. The Labute approximate surface area is 115 Å². The Morgan fingerprint density at radius 2 is 2.00 bits per heavy atom. The summed E-state index contributed by atoms with van der Waals surface area (Å²) in [6.45, 7) is 0. The van der Waals surface area contributed by atoms with Crippen LogP contribution in [0.1, 0.15) is 37.5 Å². The van der Waals surface area contributed by atoms with Crippen LogP contribution >= 0.6 is 23.2 Å². The Morgan fingerprint density at radius 3 is 2.78 bits per heavy atom. The van der Waals surface area contributed by atoms with Crippen molar-refractivity contribution in [3.8, 4) is 0 Å². The van der Waals surface area contributed by atoms with Gasteiger partial charge < -0.3 is 10.2 Å². The van der Waals surface area contributed by atoms with E-state index in [0.29, 0.717) is 27.0 Å². The fourth-order valence-corrected chi connectivity index (χ4v) is 3.12. The first-order valence-corrected chi connectivity index (χ1v) is 6.92. The molecule has 0 amide bonds. The molecule has 2 aromatic rings. The summed E-state index contributed by atoms with van der Waals surface area (Å²) in [6, 6.07) is 3.56. The van der Waals surface area contributed by atoms with E-state index < -0.39 is 0 Å². The molecule has 2 unspecified atom stereocenters. The summed E-state index contributed by atoms with van der Waals surface area (Å²) >= 11 is 12.1. The van der Waals surface area contributed by atoms with E-state index in [4.69, 9.17) is 33.4 Å². The third-order valence-electron chi connectivity index (χ3n) is 3.56. The van der Waals surface area contributed by atoms with Crippen LogP contribution in [0.25, 0.3) is 11.1 Å². The summed E-state index contributed by atoms with van der Waals surface area (Å²) in [7, 11) is 0. The van der Waals surface area contributed by atoms with Gasteiger partial charge in [-0.2, -0.15) is 0 Å². The second-order valence-corrected chi connectivity index (χ2v) is 5.69. The molecule has 96 valence electrons. The number of rotatable bonds is 1. The molecule has 2 N–H and O–H groups in total. The molecule has 1 aromatic carbocycles. The van der Waals surface area contributed by atoms with Crippen LogP contribution in [0.3, 0.4) is 0 Å². The molecule has 3 rings (SSSR count). The minimum atomic E-state index is 0.126. The summed E-state index contributed by atoms with van der Waals surface area (Å²) < 4.78 is 5.78. The van der Waals surface area contributed by atoms with Gasteiger partial charge in [0, 0.05) is 11.1 Å². The molecule has 0 radical (unpaired) electrons. The Balaban J connectivity index is 2.05. The van der Waals surface area contributed by atoms with Gasteiger partial charge in [-0.25, -0.2) is 4.98 Å². The lowest BCUT2D eigenvalue weighted by Gasteiger charge is -2.25. The normalized spacial score (nSPS) is 24.6. The lowest BCUT2D eigenvalue weighted by molar-refractivity contribution is 0.332. The molecule has 18 heavy (non-hydrogen) atoms. The monoisotopic (exact) mass is 284 g/mol. The molecular weight excluding hydrogens is 271 g/mol. The fourth-order valence-electron chi connectivity index (χ4n) is 2.60. The minimum Gasteiger partial charge on any atom is -0.439 e. The van der Waals surface area contributed by atoms with Gasteiger partial charge in [0.15, 0.2) is 11.5 Å². The summed E-state index contributed by atoms with van der Waals surface area (Å²) in [5.41, 5.74) is 7.46. The van der Waals surface area contributed by atoms with E-state index >= 15 is 0 Å². The third-order valence-corrected chi connectivity index (χ3v) is 4.06. The van der Waals surface area contributed by atoms with E-state index in [9.17, 15) is 0 Å². The van der Waals surface area contributed by atoms with Crippen molar-refractivity contribution < 1.29 is 4.42 Å². The number of benzene rings is 1. The van der Waals surface area contributed by atoms with Crippen molar-refractivity contribution in [1.82, 2.24) is 4.98 Å². The van der Waals surface area contributed by atoms with Crippen molar-refractivity contribution in [3.05, 3.63) is 28.1 Å². The maximum Gasteiger partial charge on any atom is 0.200 e. The first-order chi connectivity index (χ1) is 8.65. The van der Waals surface area contributed by atoms with Crippen LogP contribution in [0.4, 0.5) is 0 Å².